The fourth-order valence-corrected chi connectivity index (χ4v) is 1.79. The van der Waals surface area contributed by atoms with E-state index in [4.69, 9.17) is 0 Å². The predicted molar refractivity (Wildman–Crippen MR) is 55.1 cm³/mol. The van der Waals surface area contributed by atoms with Crippen molar-refractivity contribution in [2.24, 2.45) is 4.40 Å². The first-order valence-electron chi connectivity index (χ1n) is 3.91. The smallest absolute Gasteiger partial charge is 0.0341 e. The van der Waals surface area contributed by atoms with E-state index in [0.717, 1.165) is 6.42 Å². The Morgan fingerprint density at radius 2 is 2.00 bits per heavy atom. The SMILES string of the molecule is C1=NSC(c2ccccc2)=CC1. The normalized spacial score (nSPS) is 15.8. The molecule has 0 fully saturated rings. The Hall–Kier alpha value is -1.02. The van der Waals surface area contributed by atoms with Crippen molar-refractivity contribution in [2.75, 3.05) is 0 Å². The summed E-state index contributed by atoms with van der Waals surface area (Å²) in [6.45, 7) is 0. The van der Waals surface area contributed by atoms with Crippen molar-refractivity contribution in [1.82, 2.24) is 0 Å². The Balaban J connectivity index is 2.26. The van der Waals surface area contributed by atoms with Crippen molar-refractivity contribution in [1.29, 1.82) is 0 Å². The lowest BCUT2D eigenvalue weighted by atomic mass is 10.2. The molecule has 1 aliphatic rings. The Bertz CT molecular complexity index is 314. The molecule has 0 unspecified atom stereocenters. The molecule has 1 aromatic carbocycles. The van der Waals surface area contributed by atoms with Crippen LogP contribution in [0.15, 0.2) is 40.8 Å². The molecule has 0 saturated heterocycles. The summed E-state index contributed by atoms with van der Waals surface area (Å²) in [6.07, 6.45) is 5.08. The van der Waals surface area contributed by atoms with Crippen molar-refractivity contribution < 1.29 is 0 Å². The average Bonchev–Trinajstić information content (AvgIpc) is 2.21. The van der Waals surface area contributed by atoms with Gasteiger partial charge in [-0.2, -0.15) is 0 Å². The molecule has 12 heavy (non-hydrogen) atoms. The van der Waals surface area contributed by atoms with Gasteiger partial charge in [0.15, 0.2) is 0 Å². The van der Waals surface area contributed by atoms with Gasteiger partial charge in [0, 0.05) is 29.5 Å². The molecule has 2 heteroatoms. The van der Waals surface area contributed by atoms with Gasteiger partial charge >= 0.3 is 0 Å². The van der Waals surface area contributed by atoms with E-state index in [1.165, 1.54) is 10.5 Å². The zero-order valence-corrected chi connectivity index (χ0v) is 7.42. The largest absolute Gasteiger partial charge is 0.223 e. The van der Waals surface area contributed by atoms with Gasteiger partial charge < -0.3 is 0 Å². The summed E-state index contributed by atoms with van der Waals surface area (Å²) in [5, 5.41) is 0. The van der Waals surface area contributed by atoms with Gasteiger partial charge in [0.25, 0.3) is 0 Å². The van der Waals surface area contributed by atoms with E-state index >= 15 is 0 Å². The molecule has 1 aromatic rings. The van der Waals surface area contributed by atoms with Gasteiger partial charge in [0.2, 0.25) is 0 Å². The van der Waals surface area contributed by atoms with Gasteiger partial charge in [-0.1, -0.05) is 36.4 Å². The fraction of sp³-hybridized carbons (Fsp3) is 0.100. The molecule has 1 heterocycles. The number of nitrogens with zero attached hydrogens (tertiary/aromatic N) is 1. The molecule has 0 radical (unpaired) electrons. The van der Waals surface area contributed by atoms with Crippen LogP contribution in [0, 0.1) is 0 Å². The summed E-state index contributed by atoms with van der Waals surface area (Å²) in [7, 11) is 0. The molecule has 2 rings (SSSR count). The van der Waals surface area contributed by atoms with Crippen LogP contribution < -0.4 is 0 Å². The Morgan fingerprint density at radius 1 is 1.17 bits per heavy atom. The summed E-state index contributed by atoms with van der Waals surface area (Å²) >= 11 is 1.55. The van der Waals surface area contributed by atoms with Crippen molar-refractivity contribution in [2.45, 2.75) is 6.42 Å². The molecule has 0 saturated carbocycles. The second-order valence-electron chi connectivity index (χ2n) is 2.55. The van der Waals surface area contributed by atoms with E-state index in [0.29, 0.717) is 0 Å². The molecule has 0 aromatic heterocycles. The zero-order valence-electron chi connectivity index (χ0n) is 6.60. The van der Waals surface area contributed by atoms with E-state index in [2.05, 4.69) is 34.7 Å². The number of hydrogen-bond donors (Lipinski definition) is 0. The lowest BCUT2D eigenvalue weighted by Crippen LogP contribution is -1.83. The molecule has 60 valence electrons. The molecule has 0 atom stereocenters. The van der Waals surface area contributed by atoms with E-state index in [9.17, 15) is 0 Å². The van der Waals surface area contributed by atoms with Crippen LogP contribution >= 0.6 is 11.9 Å². The maximum absolute atomic E-state index is 4.16. The third kappa shape index (κ3) is 1.59. The topological polar surface area (TPSA) is 12.4 Å². The Kier molecular flexibility index (Phi) is 2.28. The van der Waals surface area contributed by atoms with Crippen LogP contribution in [0.2, 0.25) is 0 Å². The summed E-state index contributed by atoms with van der Waals surface area (Å²) in [5.74, 6) is 0. The van der Waals surface area contributed by atoms with Gasteiger partial charge in [-0.3, -0.25) is 0 Å². The second kappa shape index (κ2) is 3.59. The highest BCUT2D eigenvalue weighted by molar-refractivity contribution is 8.07. The number of benzene rings is 1. The third-order valence-electron chi connectivity index (χ3n) is 1.69. The van der Waals surface area contributed by atoms with Gasteiger partial charge in [-0.15, -0.1) is 0 Å². The van der Waals surface area contributed by atoms with E-state index in [1.54, 1.807) is 11.9 Å². The highest BCUT2D eigenvalue weighted by Gasteiger charge is 2.02. The first kappa shape index (κ1) is 7.62. The van der Waals surface area contributed by atoms with Gasteiger partial charge in [-0.25, -0.2) is 4.40 Å². The van der Waals surface area contributed by atoms with Crippen LogP contribution in [0.25, 0.3) is 4.91 Å². The van der Waals surface area contributed by atoms with Gasteiger partial charge in [-0.05, 0) is 5.56 Å². The van der Waals surface area contributed by atoms with E-state index < -0.39 is 0 Å². The van der Waals surface area contributed by atoms with Gasteiger partial charge in [0.05, 0.1) is 0 Å². The average molecular weight is 175 g/mol. The molecule has 0 amide bonds. The van der Waals surface area contributed by atoms with Crippen LogP contribution in [0.1, 0.15) is 12.0 Å². The lowest BCUT2D eigenvalue weighted by molar-refractivity contribution is 1.51. The Labute approximate surface area is 76.3 Å². The number of hydrogen-bond acceptors (Lipinski definition) is 2. The summed E-state index contributed by atoms with van der Waals surface area (Å²) in [4.78, 5) is 1.26. The highest BCUT2D eigenvalue weighted by atomic mass is 32.2. The van der Waals surface area contributed by atoms with Crippen LogP contribution in [0.3, 0.4) is 0 Å². The summed E-state index contributed by atoms with van der Waals surface area (Å²) in [6, 6.07) is 10.4. The van der Waals surface area contributed by atoms with Crippen molar-refractivity contribution in [3.8, 4) is 0 Å². The molecular formula is C10H9NS. The van der Waals surface area contributed by atoms with E-state index in [1.807, 2.05) is 12.3 Å². The number of rotatable bonds is 1. The van der Waals surface area contributed by atoms with Crippen LogP contribution in [-0.2, 0) is 0 Å². The first-order valence-corrected chi connectivity index (χ1v) is 4.68. The highest BCUT2D eigenvalue weighted by Crippen LogP contribution is 2.30. The third-order valence-corrected chi connectivity index (χ3v) is 2.55. The molecule has 0 aliphatic carbocycles. The molecule has 0 spiro atoms. The van der Waals surface area contributed by atoms with Crippen LogP contribution in [0.4, 0.5) is 0 Å². The monoisotopic (exact) mass is 175 g/mol. The molecular weight excluding hydrogens is 166 g/mol. The van der Waals surface area contributed by atoms with Gasteiger partial charge in [0.1, 0.15) is 0 Å². The molecule has 0 bridgehead atoms. The minimum absolute atomic E-state index is 0.956. The first-order chi connectivity index (χ1) is 5.97. The molecule has 0 N–H and O–H groups in total. The van der Waals surface area contributed by atoms with Crippen molar-refractivity contribution in [3.63, 3.8) is 0 Å². The second-order valence-corrected chi connectivity index (χ2v) is 3.38. The lowest BCUT2D eigenvalue weighted by Gasteiger charge is -2.05. The fourth-order valence-electron chi connectivity index (χ4n) is 1.11. The quantitative estimate of drug-likeness (QED) is 0.597. The molecule has 1 aliphatic heterocycles. The minimum atomic E-state index is 0.956. The Morgan fingerprint density at radius 3 is 2.67 bits per heavy atom. The predicted octanol–water partition coefficient (Wildman–Crippen LogP) is 3.15. The number of allylic oxidation sites excluding steroid dienone is 1. The molecule has 1 nitrogen and oxygen atoms in total. The summed E-state index contributed by atoms with van der Waals surface area (Å²) < 4.78 is 4.16. The van der Waals surface area contributed by atoms with E-state index in [-0.39, 0.29) is 0 Å². The summed E-state index contributed by atoms with van der Waals surface area (Å²) in [5.41, 5.74) is 1.26. The minimum Gasteiger partial charge on any atom is -0.223 e. The van der Waals surface area contributed by atoms with Crippen molar-refractivity contribution in [3.05, 3.63) is 42.0 Å². The van der Waals surface area contributed by atoms with Crippen LogP contribution in [0.5, 0.6) is 0 Å². The van der Waals surface area contributed by atoms with Crippen molar-refractivity contribution >= 4 is 23.1 Å². The maximum Gasteiger partial charge on any atom is 0.0341 e. The maximum atomic E-state index is 4.16. The standard InChI is InChI=1S/C10H9NS/c1-2-5-9(6-3-1)10-7-4-8-11-12-10/h1-3,5-8H,4H2. The zero-order chi connectivity index (χ0) is 8.23. The van der Waals surface area contributed by atoms with Crippen LogP contribution in [-0.4, -0.2) is 6.21 Å².